The third-order valence-electron chi connectivity index (χ3n) is 9.76. The standard InChI is InChI=1S/C20H40O2.C19H40O.C8H8O2/c1-2-3-4-5-6-7-8-9-10-11-12-13-14-15-16-17-18-19-20(21)22;1-2-3-4-5-6-7-8-9-10-11-12-13-14-15-16-17-18-19-20;1-7(9)10-8-5-3-2-4-6-8/h2-19H2,1H3,(H,21,22);20H,2-19H2,1H3;2-6H,1H3. The van der Waals surface area contributed by atoms with Crippen molar-refractivity contribution in [2.45, 2.75) is 245 Å². The van der Waals surface area contributed by atoms with Gasteiger partial charge in [-0.3, -0.25) is 9.59 Å². The van der Waals surface area contributed by atoms with Crippen LogP contribution >= 0.6 is 0 Å². The van der Waals surface area contributed by atoms with E-state index in [-0.39, 0.29) is 5.97 Å². The summed E-state index contributed by atoms with van der Waals surface area (Å²) in [7, 11) is 0. The first-order valence-electron chi connectivity index (χ1n) is 22.5. The molecule has 0 radical (unpaired) electrons. The number of hydrogen-bond donors (Lipinski definition) is 2. The second-order valence-electron chi connectivity index (χ2n) is 15.1. The molecular formula is C47H88O5. The van der Waals surface area contributed by atoms with Gasteiger partial charge in [0.2, 0.25) is 0 Å². The molecule has 0 aliphatic carbocycles. The topological polar surface area (TPSA) is 83.8 Å². The Labute approximate surface area is 323 Å². The molecule has 0 bridgehead atoms. The van der Waals surface area contributed by atoms with E-state index >= 15 is 0 Å². The van der Waals surface area contributed by atoms with Crippen molar-refractivity contribution in [1.29, 1.82) is 0 Å². The van der Waals surface area contributed by atoms with Gasteiger partial charge in [0.25, 0.3) is 0 Å². The minimum absolute atomic E-state index is 0.286. The Kier molecular flexibility index (Phi) is 47.3. The van der Waals surface area contributed by atoms with Crippen molar-refractivity contribution < 1.29 is 24.5 Å². The van der Waals surface area contributed by atoms with Crippen molar-refractivity contribution in [2.24, 2.45) is 0 Å². The molecule has 0 amide bonds. The van der Waals surface area contributed by atoms with Gasteiger partial charge in [0.15, 0.2) is 0 Å². The summed E-state index contributed by atoms with van der Waals surface area (Å²) in [5, 5.41) is 17.2. The number of rotatable bonds is 36. The van der Waals surface area contributed by atoms with Crippen molar-refractivity contribution >= 4 is 11.9 Å². The summed E-state index contributed by atoms with van der Waals surface area (Å²) in [4.78, 5) is 20.8. The van der Waals surface area contributed by atoms with Crippen LogP contribution in [0.3, 0.4) is 0 Å². The number of aliphatic hydroxyl groups is 1. The minimum Gasteiger partial charge on any atom is -0.481 e. The molecule has 52 heavy (non-hydrogen) atoms. The van der Waals surface area contributed by atoms with Crippen LogP contribution < -0.4 is 4.74 Å². The first kappa shape index (κ1) is 52.2. The van der Waals surface area contributed by atoms with Gasteiger partial charge >= 0.3 is 11.9 Å². The highest BCUT2D eigenvalue weighted by Crippen LogP contribution is 2.16. The van der Waals surface area contributed by atoms with Crippen LogP contribution in [0.1, 0.15) is 245 Å². The number of carboxylic acids is 1. The lowest BCUT2D eigenvalue weighted by Gasteiger charge is -2.03. The average molecular weight is 733 g/mol. The van der Waals surface area contributed by atoms with Crippen LogP contribution in [0.5, 0.6) is 5.75 Å². The fourth-order valence-corrected chi connectivity index (χ4v) is 6.49. The molecule has 0 aliphatic rings. The maximum atomic E-state index is 10.4. The zero-order chi connectivity index (χ0) is 38.4. The van der Waals surface area contributed by atoms with Crippen LogP contribution in [0, 0.1) is 0 Å². The zero-order valence-corrected chi connectivity index (χ0v) is 35.0. The molecule has 0 spiro atoms. The summed E-state index contributed by atoms with van der Waals surface area (Å²) in [6.45, 7) is 6.32. The van der Waals surface area contributed by atoms with E-state index in [1.807, 2.05) is 18.2 Å². The molecule has 1 rings (SSSR count). The van der Waals surface area contributed by atoms with Crippen LogP contribution in [0.15, 0.2) is 30.3 Å². The Morgan fingerprint density at radius 3 is 0.962 bits per heavy atom. The van der Waals surface area contributed by atoms with Gasteiger partial charge in [-0.25, -0.2) is 0 Å². The van der Waals surface area contributed by atoms with E-state index < -0.39 is 5.97 Å². The van der Waals surface area contributed by atoms with Gasteiger partial charge in [-0.2, -0.15) is 0 Å². The molecular weight excluding hydrogens is 645 g/mol. The smallest absolute Gasteiger partial charge is 0.308 e. The number of para-hydroxylation sites is 1. The number of carbonyl (C=O) groups is 2. The normalized spacial score (nSPS) is 10.6. The SMILES string of the molecule is CC(=O)Oc1ccccc1.CCCCCCCCCCCCCCCCCCCC(=O)O.CCCCCCCCCCCCCCCCCCCO. The number of ether oxygens (including phenoxy) is 1. The van der Waals surface area contributed by atoms with E-state index in [9.17, 15) is 9.59 Å². The molecule has 1 aromatic carbocycles. The fourth-order valence-electron chi connectivity index (χ4n) is 6.49. The van der Waals surface area contributed by atoms with Crippen LogP contribution in [0.4, 0.5) is 0 Å². The van der Waals surface area contributed by atoms with Gasteiger partial charge in [-0.15, -0.1) is 0 Å². The first-order valence-corrected chi connectivity index (χ1v) is 22.5. The Balaban J connectivity index is 0. The highest BCUT2D eigenvalue weighted by atomic mass is 16.5. The number of aliphatic hydroxyl groups excluding tert-OH is 1. The zero-order valence-electron chi connectivity index (χ0n) is 35.0. The lowest BCUT2D eigenvalue weighted by molar-refractivity contribution is -0.137. The monoisotopic (exact) mass is 733 g/mol. The van der Waals surface area contributed by atoms with Crippen molar-refractivity contribution in [3.63, 3.8) is 0 Å². The lowest BCUT2D eigenvalue weighted by Crippen LogP contribution is -2.00. The molecule has 2 N–H and O–H groups in total. The molecule has 0 saturated carbocycles. The van der Waals surface area contributed by atoms with Crippen molar-refractivity contribution in [3.05, 3.63) is 30.3 Å². The fraction of sp³-hybridized carbons (Fsp3) is 0.830. The summed E-state index contributed by atoms with van der Waals surface area (Å²) < 4.78 is 4.78. The predicted octanol–water partition coefficient (Wildman–Crippen LogP) is 15.4. The van der Waals surface area contributed by atoms with E-state index in [1.165, 1.54) is 206 Å². The molecule has 306 valence electrons. The summed E-state index contributed by atoms with van der Waals surface area (Å²) in [6, 6.07) is 8.98. The molecule has 5 nitrogen and oxygen atoms in total. The molecule has 1 aromatic rings. The van der Waals surface area contributed by atoms with Gasteiger partial charge in [0, 0.05) is 20.0 Å². The maximum Gasteiger partial charge on any atom is 0.308 e. The third-order valence-corrected chi connectivity index (χ3v) is 9.76. The van der Waals surface area contributed by atoms with Crippen molar-refractivity contribution in [1.82, 2.24) is 0 Å². The van der Waals surface area contributed by atoms with Crippen LogP contribution in [0.2, 0.25) is 0 Å². The van der Waals surface area contributed by atoms with Gasteiger partial charge in [-0.05, 0) is 25.0 Å². The molecule has 0 saturated heterocycles. The first-order chi connectivity index (χ1) is 25.5. The predicted molar refractivity (Wildman–Crippen MR) is 225 cm³/mol. The summed E-state index contributed by atoms with van der Waals surface area (Å²) in [5.74, 6) is -0.345. The van der Waals surface area contributed by atoms with Gasteiger partial charge < -0.3 is 14.9 Å². The highest BCUT2D eigenvalue weighted by Gasteiger charge is 1.98. The summed E-state index contributed by atoms with van der Waals surface area (Å²) in [6.07, 6.45) is 46.8. The second-order valence-corrected chi connectivity index (χ2v) is 15.1. The largest absolute Gasteiger partial charge is 0.481 e. The van der Waals surface area contributed by atoms with E-state index in [1.54, 1.807) is 12.1 Å². The molecule has 5 heteroatoms. The number of carboxylic acid groups (broad SMARTS) is 1. The van der Waals surface area contributed by atoms with Crippen LogP contribution in [-0.2, 0) is 9.59 Å². The van der Waals surface area contributed by atoms with Gasteiger partial charge in [0.05, 0.1) is 0 Å². The Hall–Kier alpha value is -1.88. The summed E-state index contributed by atoms with van der Waals surface area (Å²) in [5.41, 5.74) is 0. The maximum absolute atomic E-state index is 10.4. The van der Waals surface area contributed by atoms with Crippen LogP contribution in [-0.4, -0.2) is 28.8 Å². The Morgan fingerprint density at radius 1 is 0.442 bits per heavy atom. The average Bonchev–Trinajstić information content (AvgIpc) is 3.13. The van der Waals surface area contributed by atoms with Crippen molar-refractivity contribution in [2.75, 3.05) is 6.61 Å². The van der Waals surface area contributed by atoms with E-state index in [4.69, 9.17) is 14.9 Å². The lowest BCUT2D eigenvalue weighted by atomic mass is 10.0. The Morgan fingerprint density at radius 2 is 0.712 bits per heavy atom. The minimum atomic E-state index is -0.652. The van der Waals surface area contributed by atoms with E-state index in [2.05, 4.69) is 13.8 Å². The van der Waals surface area contributed by atoms with Crippen LogP contribution in [0.25, 0.3) is 0 Å². The highest BCUT2D eigenvalue weighted by molar-refractivity contribution is 5.69. The number of aliphatic carboxylic acids is 1. The molecule has 0 heterocycles. The Bertz CT molecular complexity index is 793. The molecule has 0 aliphatic heterocycles. The molecule has 0 unspecified atom stereocenters. The van der Waals surface area contributed by atoms with Gasteiger partial charge in [0.1, 0.15) is 5.75 Å². The molecule has 0 fully saturated rings. The van der Waals surface area contributed by atoms with E-state index in [0.717, 1.165) is 19.3 Å². The third kappa shape index (κ3) is 50.2. The second kappa shape index (κ2) is 47.1. The quantitative estimate of drug-likeness (QED) is 0.0408. The molecule has 0 aromatic heterocycles. The number of benzene rings is 1. The molecule has 0 atom stereocenters. The number of unbranched alkanes of at least 4 members (excludes halogenated alkanes) is 32. The number of carbonyl (C=O) groups excluding carboxylic acids is 1. The number of esters is 1. The number of hydrogen-bond acceptors (Lipinski definition) is 4. The van der Waals surface area contributed by atoms with E-state index in [0.29, 0.717) is 18.8 Å². The van der Waals surface area contributed by atoms with Crippen molar-refractivity contribution in [3.8, 4) is 5.75 Å². The summed E-state index contributed by atoms with van der Waals surface area (Å²) >= 11 is 0. The van der Waals surface area contributed by atoms with Gasteiger partial charge in [-0.1, -0.05) is 238 Å².